The molecule has 0 radical (unpaired) electrons. The Bertz CT molecular complexity index is 763. The molecule has 1 fully saturated rings. The fraction of sp³-hybridized carbons (Fsp3) is 0.333. The number of hydrogen-bond acceptors (Lipinski definition) is 2. The number of rotatable bonds is 4. The van der Waals surface area contributed by atoms with Crippen LogP contribution in [0.2, 0.25) is 0 Å². The highest BCUT2D eigenvalue weighted by Crippen LogP contribution is 2.25. The first-order valence-corrected chi connectivity index (χ1v) is 8.71. The lowest BCUT2D eigenvalue weighted by molar-refractivity contribution is -0.141. The normalized spacial score (nSPS) is 17.1. The van der Waals surface area contributed by atoms with Crippen LogP contribution < -0.4 is 0 Å². The van der Waals surface area contributed by atoms with Gasteiger partial charge in [0.25, 0.3) is 5.91 Å². The molecule has 2 aromatic carbocycles. The molecule has 1 aliphatic heterocycles. The van der Waals surface area contributed by atoms with Gasteiger partial charge in [0.05, 0.1) is 0 Å². The molecule has 3 rings (SSSR count). The van der Waals surface area contributed by atoms with Crippen LogP contribution in [0.5, 0.6) is 0 Å². The minimum atomic E-state index is -0.923. The average Bonchev–Trinajstić information content (AvgIpc) is 3.11. The Morgan fingerprint density at radius 1 is 1.00 bits per heavy atom. The maximum absolute atomic E-state index is 12.6. The van der Waals surface area contributed by atoms with Gasteiger partial charge in [-0.05, 0) is 47.6 Å². The SMILES string of the molecule is CC(C)c1ccc(-c2ccc(C(=O)N3CCCC3C(=O)O)cc2)cc1. The predicted octanol–water partition coefficient (Wildman–Crippen LogP) is 4.17. The van der Waals surface area contributed by atoms with Gasteiger partial charge in [0.1, 0.15) is 6.04 Å². The van der Waals surface area contributed by atoms with Crippen molar-refractivity contribution in [2.75, 3.05) is 6.54 Å². The van der Waals surface area contributed by atoms with Crippen LogP contribution in [-0.2, 0) is 4.79 Å². The van der Waals surface area contributed by atoms with Crippen LogP contribution >= 0.6 is 0 Å². The van der Waals surface area contributed by atoms with Crippen molar-refractivity contribution in [1.29, 1.82) is 0 Å². The van der Waals surface area contributed by atoms with E-state index in [4.69, 9.17) is 0 Å². The van der Waals surface area contributed by atoms with Crippen LogP contribution in [0.4, 0.5) is 0 Å². The molecule has 1 unspecified atom stereocenters. The maximum atomic E-state index is 12.6. The first-order chi connectivity index (χ1) is 12.0. The fourth-order valence-electron chi connectivity index (χ4n) is 3.30. The molecule has 0 spiro atoms. The molecule has 1 heterocycles. The molecule has 130 valence electrons. The average molecular weight is 337 g/mol. The second-order valence-corrected chi connectivity index (χ2v) is 6.85. The second-order valence-electron chi connectivity index (χ2n) is 6.85. The molecule has 4 nitrogen and oxygen atoms in total. The van der Waals surface area contributed by atoms with Crippen LogP contribution in [0.15, 0.2) is 48.5 Å². The van der Waals surface area contributed by atoms with E-state index in [1.807, 2.05) is 12.1 Å². The number of carboxylic acid groups (broad SMARTS) is 1. The lowest BCUT2D eigenvalue weighted by Gasteiger charge is -2.21. The summed E-state index contributed by atoms with van der Waals surface area (Å²) in [6.07, 6.45) is 1.27. The number of carboxylic acids is 1. The van der Waals surface area contributed by atoms with E-state index in [-0.39, 0.29) is 5.91 Å². The van der Waals surface area contributed by atoms with Gasteiger partial charge in [-0.2, -0.15) is 0 Å². The molecule has 0 saturated carbocycles. The van der Waals surface area contributed by atoms with Gasteiger partial charge in [0.15, 0.2) is 0 Å². The number of likely N-dealkylation sites (tertiary alicyclic amines) is 1. The van der Waals surface area contributed by atoms with E-state index in [9.17, 15) is 14.7 Å². The second kappa shape index (κ2) is 7.09. The highest BCUT2D eigenvalue weighted by Gasteiger charge is 2.34. The largest absolute Gasteiger partial charge is 0.480 e. The molecule has 2 aromatic rings. The Morgan fingerprint density at radius 3 is 2.08 bits per heavy atom. The maximum Gasteiger partial charge on any atom is 0.326 e. The summed E-state index contributed by atoms with van der Waals surface area (Å²) in [4.78, 5) is 25.3. The zero-order valence-electron chi connectivity index (χ0n) is 14.6. The van der Waals surface area contributed by atoms with E-state index >= 15 is 0 Å². The van der Waals surface area contributed by atoms with Gasteiger partial charge in [0, 0.05) is 12.1 Å². The molecule has 1 amide bonds. The van der Waals surface area contributed by atoms with Gasteiger partial charge < -0.3 is 10.0 Å². The van der Waals surface area contributed by atoms with Gasteiger partial charge in [-0.25, -0.2) is 4.79 Å². The highest BCUT2D eigenvalue weighted by molar-refractivity contribution is 5.97. The topological polar surface area (TPSA) is 57.6 Å². The molecule has 1 saturated heterocycles. The lowest BCUT2D eigenvalue weighted by atomic mass is 9.98. The minimum absolute atomic E-state index is 0.202. The molecular formula is C21H23NO3. The van der Waals surface area contributed by atoms with E-state index in [1.54, 1.807) is 12.1 Å². The summed E-state index contributed by atoms with van der Waals surface area (Å²) in [5.41, 5.74) is 3.98. The van der Waals surface area contributed by atoms with Gasteiger partial charge in [-0.3, -0.25) is 4.79 Å². The molecule has 4 heteroatoms. The third kappa shape index (κ3) is 3.58. The Labute approximate surface area is 148 Å². The smallest absolute Gasteiger partial charge is 0.326 e. The van der Waals surface area contributed by atoms with Crippen molar-refractivity contribution < 1.29 is 14.7 Å². The van der Waals surface area contributed by atoms with Gasteiger partial charge in [-0.1, -0.05) is 50.2 Å². The standard InChI is InChI=1S/C21H23NO3/c1-14(2)15-5-7-16(8-6-15)17-9-11-18(12-10-17)20(23)22-13-3-4-19(22)21(24)25/h5-12,14,19H,3-4,13H2,1-2H3,(H,24,25). The van der Waals surface area contributed by atoms with E-state index in [2.05, 4.69) is 38.1 Å². The third-order valence-corrected chi connectivity index (χ3v) is 4.84. The van der Waals surface area contributed by atoms with Crippen molar-refractivity contribution >= 4 is 11.9 Å². The Kier molecular flexibility index (Phi) is 4.88. The fourth-order valence-corrected chi connectivity index (χ4v) is 3.30. The zero-order chi connectivity index (χ0) is 18.0. The molecule has 1 aliphatic rings. The number of aliphatic carboxylic acids is 1. The van der Waals surface area contributed by atoms with E-state index in [0.29, 0.717) is 24.4 Å². The predicted molar refractivity (Wildman–Crippen MR) is 97.7 cm³/mol. The number of nitrogens with zero attached hydrogens (tertiary/aromatic N) is 1. The molecule has 0 aliphatic carbocycles. The molecule has 1 atom stereocenters. The number of carbonyl (C=O) groups is 2. The number of benzene rings is 2. The van der Waals surface area contributed by atoms with Gasteiger partial charge in [-0.15, -0.1) is 0 Å². The van der Waals surface area contributed by atoms with Crippen LogP contribution in [0.3, 0.4) is 0 Å². The quantitative estimate of drug-likeness (QED) is 0.911. The molecular weight excluding hydrogens is 314 g/mol. The molecule has 25 heavy (non-hydrogen) atoms. The summed E-state index contributed by atoms with van der Waals surface area (Å²) in [6, 6.07) is 15.1. The van der Waals surface area contributed by atoms with Gasteiger partial charge in [0.2, 0.25) is 0 Å². The van der Waals surface area contributed by atoms with Crippen LogP contribution in [-0.4, -0.2) is 34.5 Å². The van der Waals surface area contributed by atoms with Crippen LogP contribution in [0, 0.1) is 0 Å². The summed E-state index contributed by atoms with van der Waals surface area (Å²) in [5, 5.41) is 9.24. The first kappa shape index (κ1) is 17.2. The summed E-state index contributed by atoms with van der Waals surface area (Å²) in [7, 11) is 0. The summed E-state index contributed by atoms with van der Waals surface area (Å²) >= 11 is 0. The van der Waals surface area contributed by atoms with Crippen molar-refractivity contribution in [1.82, 2.24) is 4.90 Å². The number of amides is 1. The van der Waals surface area contributed by atoms with Gasteiger partial charge >= 0.3 is 5.97 Å². The van der Waals surface area contributed by atoms with Crippen LogP contribution in [0.1, 0.15) is 48.5 Å². The van der Waals surface area contributed by atoms with Crippen molar-refractivity contribution in [2.45, 2.75) is 38.6 Å². The molecule has 0 bridgehead atoms. The summed E-state index contributed by atoms with van der Waals surface area (Å²) in [5.74, 6) is -0.629. The van der Waals surface area contributed by atoms with E-state index in [0.717, 1.165) is 17.5 Å². The highest BCUT2D eigenvalue weighted by atomic mass is 16.4. The zero-order valence-corrected chi connectivity index (χ0v) is 14.6. The number of carbonyl (C=O) groups excluding carboxylic acids is 1. The first-order valence-electron chi connectivity index (χ1n) is 8.71. The Morgan fingerprint density at radius 2 is 1.56 bits per heavy atom. The molecule has 0 aromatic heterocycles. The number of hydrogen-bond donors (Lipinski definition) is 1. The van der Waals surface area contributed by atoms with E-state index < -0.39 is 12.0 Å². The van der Waals surface area contributed by atoms with Crippen molar-refractivity contribution in [3.63, 3.8) is 0 Å². The monoisotopic (exact) mass is 337 g/mol. The van der Waals surface area contributed by atoms with Crippen molar-refractivity contribution in [3.8, 4) is 11.1 Å². The third-order valence-electron chi connectivity index (χ3n) is 4.84. The minimum Gasteiger partial charge on any atom is -0.480 e. The Balaban J connectivity index is 1.78. The van der Waals surface area contributed by atoms with Crippen molar-refractivity contribution in [2.24, 2.45) is 0 Å². The summed E-state index contributed by atoms with van der Waals surface area (Å²) < 4.78 is 0. The Hall–Kier alpha value is -2.62. The molecule has 1 N–H and O–H groups in total. The summed E-state index contributed by atoms with van der Waals surface area (Å²) in [6.45, 7) is 4.84. The lowest BCUT2D eigenvalue weighted by Crippen LogP contribution is -2.40. The van der Waals surface area contributed by atoms with E-state index in [1.165, 1.54) is 10.5 Å². The van der Waals surface area contributed by atoms with Crippen molar-refractivity contribution in [3.05, 3.63) is 59.7 Å². The van der Waals surface area contributed by atoms with Crippen LogP contribution in [0.25, 0.3) is 11.1 Å².